The maximum absolute atomic E-state index is 6.19. The molecule has 1 N–H and O–H groups in total. The molecular weight excluding hydrogens is 314 g/mol. The maximum Gasteiger partial charge on any atom is 0.298 e. The molecule has 23 heavy (non-hydrogen) atoms. The van der Waals surface area contributed by atoms with Crippen molar-refractivity contribution in [1.82, 2.24) is 20.1 Å². The molecule has 1 aromatic carbocycles. The molecule has 6 nitrogen and oxygen atoms in total. The molecule has 1 saturated heterocycles. The minimum atomic E-state index is 0.619. The molecule has 0 unspecified atom stereocenters. The number of hydrogen-bond acceptors (Lipinski definition) is 5. The van der Waals surface area contributed by atoms with Gasteiger partial charge in [-0.05, 0) is 18.2 Å². The van der Waals surface area contributed by atoms with Gasteiger partial charge in [-0.2, -0.15) is 10.1 Å². The van der Waals surface area contributed by atoms with Crippen LogP contribution in [0.25, 0.3) is 16.8 Å². The van der Waals surface area contributed by atoms with Crippen molar-refractivity contribution in [3.63, 3.8) is 0 Å². The summed E-state index contributed by atoms with van der Waals surface area (Å²) in [6, 6.07) is 6.16. The highest BCUT2D eigenvalue weighted by Gasteiger charge is 2.19. The Morgan fingerprint density at radius 2 is 2.00 bits per heavy atom. The molecular formula is C16H20ClN5O. The van der Waals surface area contributed by atoms with Crippen LogP contribution in [0.4, 0.5) is 6.01 Å². The van der Waals surface area contributed by atoms with E-state index in [1.54, 1.807) is 10.9 Å². The molecule has 0 radical (unpaired) electrons. The fourth-order valence-corrected chi connectivity index (χ4v) is 2.75. The molecule has 3 aromatic rings. The summed E-state index contributed by atoms with van der Waals surface area (Å²) in [7, 11) is 0. The summed E-state index contributed by atoms with van der Waals surface area (Å²) in [6.45, 7) is 7.65. The molecule has 4 rings (SSSR count). The molecule has 3 heterocycles. The molecule has 0 spiro atoms. The smallest absolute Gasteiger partial charge is 0.298 e. The summed E-state index contributed by atoms with van der Waals surface area (Å²) in [4.78, 5) is 6.71. The van der Waals surface area contributed by atoms with E-state index in [4.69, 9.17) is 16.0 Å². The van der Waals surface area contributed by atoms with Crippen LogP contribution in [0.1, 0.15) is 13.8 Å². The van der Waals surface area contributed by atoms with Crippen LogP contribution in [-0.2, 0) is 0 Å². The molecule has 0 saturated carbocycles. The molecule has 0 atom stereocenters. The van der Waals surface area contributed by atoms with E-state index in [0.29, 0.717) is 16.6 Å². The van der Waals surface area contributed by atoms with Gasteiger partial charge in [-0.25, -0.2) is 4.68 Å². The van der Waals surface area contributed by atoms with Crippen LogP contribution in [0.3, 0.4) is 0 Å². The second-order valence-corrected chi connectivity index (χ2v) is 5.39. The van der Waals surface area contributed by atoms with Crippen LogP contribution < -0.4 is 10.2 Å². The Bertz CT molecular complexity index is 762. The Hall–Kier alpha value is -2.05. The number of hydrogen-bond donors (Lipinski definition) is 1. The van der Waals surface area contributed by atoms with Gasteiger partial charge in [-0.3, -0.25) is 0 Å². The monoisotopic (exact) mass is 333 g/mol. The van der Waals surface area contributed by atoms with Crippen molar-refractivity contribution in [2.75, 3.05) is 31.1 Å². The molecule has 1 fully saturated rings. The summed E-state index contributed by atoms with van der Waals surface area (Å²) in [5, 5.41) is 8.18. The number of rotatable bonds is 2. The third-order valence-corrected chi connectivity index (χ3v) is 3.78. The van der Waals surface area contributed by atoms with Gasteiger partial charge in [0.25, 0.3) is 6.01 Å². The summed E-state index contributed by atoms with van der Waals surface area (Å²) in [5.41, 5.74) is 2.26. The molecule has 2 aromatic heterocycles. The van der Waals surface area contributed by atoms with Crippen LogP contribution in [0, 0.1) is 0 Å². The van der Waals surface area contributed by atoms with E-state index < -0.39 is 0 Å². The van der Waals surface area contributed by atoms with Crippen LogP contribution in [0.5, 0.6) is 0 Å². The lowest BCUT2D eigenvalue weighted by atomic mass is 10.3. The minimum Gasteiger partial charge on any atom is -0.421 e. The van der Waals surface area contributed by atoms with Crippen molar-refractivity contribution in [2.45, 2.75) is 13.8 Å². The highest BCUT2D eigenvalue weighted by molar-refractivity contribution is 6.31. The fourth-order valence-electron chi connectivity index (χ4n) is 2.54. The SMILES string of the molecule is CC.Clc1cc(-n2cccn2)c2oc(N3CCNCC3)nc2c1. The van der Waals surface area contributed by atoms with E-state index in [0.717, 1.165) is 37.4 Å². The first kappa shape index (κ1) is 15.8. The molecule has 1 aliphatic rings. The Morgan fingerprint density at radius 3 is 2.70 bits per heavy atom. The summed E-state index contributed by atoms with van der Waals surface area (Å²) in [6.07, 6.45) is 3.58. The van der Waals surface area contributed by atoms with Gasteiger partial charge in [-0.1, -0.05) is 25.4 Å². The van der Waals surface area contributed by atoms with Gasteiger partial charge in [-0.15, -0.1) is 0 Å². The van der Waals surface area contributed by atoms with Crippen molar-refractivity contribution < 1.29 is 4.42 Å². The van der Waals surface area contributed by atoms with Gasteiger partial charge in [0.2, 0.25) is 0 Å². The third kappa shape index (κ3) is 3.18. The number of oxazole rings is 1. The molecule has 0 bridgehead atoms. The Morgan fingerprint density at radius 1 is 1.22 bits per heavy atom. The first-order valence-electron chi connectivity index (χ1n) is 7.87. The van der Waals surface area contributed by atoms with Crippen molar-refractivity contribution in [2.24, 2.45) is 0 Å². The second-order valence-electron chi connectivity index (χ2n) is 4.96. The van der Waals surface area contributed by atoms with Gasteiger partial charge >= 0.3 is 0 Å². The predicted octanol–water partition coefficient (Wildman–Crippen LogP) is 3.10. The molecule has 1 aliphatic heterocycles. The second kappa shape index (κ2) is 7.02. The van der Waals surface area contributed by atoms with Gasteiger partial charge in [0.05, 0.1) is 0 Å². The minimum absolute atomic E-state index is 0.619. The van der Waals surface area contributed by atoms with Crippen LogP contribution in [0.2, 0.25) is 5.02 Å². The zero-order chi connectivity index (χ0) is 16.2. The van der Waals surface area contributed by atoms with Gasteiger partial charge < -0.3 is 14.6 Å². The number of benzene rings is 1. The summed E-state index contributed by atoms with van der Waals surface area (Å²) < 4.78 is 7.72. The lowest BCUT2D eigenvalue weighted by Gasteiger charge is -2.25. The fraction of sp³-hybridized carbons (Fsp3) is 0.375. The number of piperazine rings is 1. The number of nitrogens with zero attached hydrogens (tertiary/aromatic N) is 4. The normalized spacial score (nSPS) is 14.7. The van der Waals surface area contributed by atoms with E-state index in [9.17, 15) is 0 Å². The van der Waals surface area contributed by atoms with E-state index >= 15 is 0 Å². The first-order valence-corrected chi connectivity index (χ1v) is 8.25. The van der Waals surface area contributed by atoms with Crippen molar-refractivity contribution in [3.8, 4) is 5.69 Å². The Kier molecular flexibility index (Phi) is 4.83. The first-order chi connectivity index (χ1) is 11.3. The van der Waals surface area contributed by atoms with E-state index in [1.807, 2.05) is 38.2 Å². The molecule has 7 heteroatoms. The summed E-state index contributed by atoms with van der Waals surface area (Å²) >= 11 is 6.19. The topological polar surface area (TPSA) is 59.1 Å². The van der Waals surface area contributed by atoms with Gasteiger partial charge in [0, 0.05) is 43.6 Å². The van der Waals surface area contributed by atoms with Gasteiger partial charge in [0.1, 0.15) is 11.2 Å². The average Bonchev–Trinajstić information content (AvgIpc) is 3.26. The maximum atomic E-state index is 6.19. The van der Waals surface area contributed by atoms with E-state index in [2.05, 4.69) is 20.3 Å². The number of aromatic nitrogens is 3. The lowest BCUT2D eigenvalue weighted by Crippen LogP contribution is -2.43. The Balaban J connectivity index is 0.000000753. The average molecular weight is 334 g/mol. The van der Waals surface area contributed by atoms with Crippen molar-refractivity contribution in [1.29, 1.82) is 0 Å². The zero-order valence-corrected chi connectivity index (χ0v) is 14.0. The molecule has 0 aliphatic carbocycles. The zero-order valence-electron chi connectivity index (χ0n) is 13.3. The van der Waals surface area contributed by atoms with Crippen LogP contribution in [-0.4, -0.2) is 40.9 Å². The highest BCUT2D eigenvalue weighted by Crippen LogP contribution is 2.30. The number of anilines is 1. The van der Waals surface area contributed by atoms with Crippen molar-refractivity contribution >= 4 is 28.7 Å². The molecule has 122 valence electrons. The quantitative estimate of drug-likeness (QED) is 0.781. The van der Waals surface area contributed by atoms with Crippen LogP contribution >= 0.6 is 11.6 Å². The van der Waals surface area contributed by atoms with E-state index in [-0.39, 0.29) is 0 Å². The number of fused-ring (bicyclic) bond motifs is 1. The van der Waals surface area contributed by atoms with Crippen LogP contribution in [0.15, 0.2) is 35.0 Å². The summed E-state index contributed by atoms with van der Waals surface area (Å²) in [5.74, 6) is 0. The highest BCUT2D eigenvalue weighted by atomic mass is 35.5. The lowest BCUT2D eigenvalue weighted by molar-refractivity contribution is 0.516. The predicted molar refractivity (Wildman–Crippen MR) is 92.6 cm³/mol. The van der Waals surface area contributed by atoms with E-state index in [1.165, 1.54) is 0 Å². The largest absolute Gasteiger partial charge is 0.421 e. The third-order valence-electron chi connectivity index (χ3n) is 3.56. The van der Waals surface area contributed by atoms with Gasteiger partial charge in [0.15, 0.2) is 5.58 Å². The standard InChI is InChI=1S/C14H14ClN5O.C2H6/c15-10-8-11-13(12(9-10)20-5-1-2-17-20)21-14(18-11)19-6-3-16-4-7-19;1-2/h1-2,5,8-9,16H,3-4,6-7H2;1-2H3. The number of halogens is 1. The van der Waals surface area contributed by atoms with Crippen molar-refractivity contribution in [3.05, 3.63) is 35.6 Å². The Labute approximate surface area is 140 Å². The number of nitrogens with one attached hydrogen (secondary N) is 1. The molecule has 0 amide bonds.